The molecule has 2 rings (SSSR count). The van der Waals surface area contributed by atoms with Crippen LogP contribution in [0.15, 0.2) is 53.0 Å². The van der Waals surface area contributed by atoms with Gasteiger partial charge in [-0.2, -0.15) is 0 Å². The lowest BCUT2D eigenvalue weighted by atomic mass is 10.1. The number of nitrogens with zero attached hydrogens (tertiary/aromatic N) is 1. The smallest absolute Gasteiger partial charge is 0.259 e. The molecule has 0 aliphatic carbocycles. The van der Waals surface area contributed by atoms with Gasteiger partial charge < -0.3 is 9.64 Å². The number of carbonyl (C=O) groups excluding carboxylic acids is 2. The van der Waals surface area contributed by atoms with Gasteiger partial charge in [-0.3, -0.25) is 9.59 Å². The summed E-state index contributed by atoms with van der Waals surface area (Å²) in [5.74, 6) is -0.319. The maximum Gasteiger partial charge on any atom is 0.259 e. The molecule has 0 saturated heterocycles. The minimum atomic E-state index is -0.410. The molecule has 0 fully saturated rings. The molecule has 130 valence electrons. The van der Waals surface area contributed by atoms with Gasteiger partial charge in [0, 0.05) is 29.7 Å². The first-order valence-corrected chi connectivity index (χ1v) is 8.26. The van der Waals surface area contributed by atoms with Crippen LogP contribution in [0.2, 0.25) is 0 Å². The van der Waals surface area contributed by atoms with Crippen molar-refractivity contribution in [2.45, 2.75) is 0 Å². The molecule has 0 unspecified atom stereocenters. The molecule has 0 aliphatic rings. The number of likely N-dealkylation sites (N-methyl/N-ethyl adjacent to an activating group) is 1. The number of benzene rings is 2. The summed E-state index contributed by atoms with van der Waals surface area (Å²) in [6.45, 7) is -0.0664. The van der Waals surface area contributed by atoms with Crippen LogP contribution in [0.3, 0.4) is 0 Å². The highest BCUT2D eigenvalue weighted by atomic mass is 79.9. The van der Waals surface area contributed by atoms with Crippen molar-refractivity contribution in [3.8, 4) is 5.75 Å². The first-order chi connectivity index (χ1) is 11.9. The fourth-order valence-electron chi connectivity index (χ4n) is 1.89. The molecule has 0 bridgehead atoms. The summed E-state index contributed by atoms with van der Waals surface area (Å²) in [6.07, 6.45) is 2.75. The maximum absolute atomic E-state index is 13.7. The van der Waals surface area contributed by atoms with Crippen molar-refractivity contribution >= 4 is 33.7 Å². The van der Waals surface area contributed by atoms with Gasteiger partial charge in [0.05, 0.1) is 0 Å². The van der Waals surface area contributed by atoms with Crippen LogP contribution in [-0.2, 0) is 4.79 Å². The van der Waals surface area contributed by atoms with Crippen LogP contribution in [-0.4, -0.2) is 37.3 Å². The Hall–Kier alpha value is -2.47. The molecular formula is C19H17BrFNO3. The fourth-order valence-corrected chi connectivity index (χ4v) is 2.22. The van der Waals surface area contributed by atoms with E-state index in [2.05, 4.69) is 15.9 Å². The number of allylic oxidation sites excluding steroid dienone is 1. The summed E-state index contributed by atoms with van der Waals surface area (Å²) in [5, 5.41) is 0. The van der Waals surface area contributed by atoms with E-state index in [0.29, 0.717) is 21.3 Å². The van der Waals surface area contributed by atoms with E-state index in [9.17, 15) is 14.0 Å². The number of rotatable bonds is 6. The van der Waals surface area contributed by atoms with E-state index in [-0.39, 0.29) is 18.3 Å². The Labute approximate surface area is 154 Å². The molecule has 6 heteroatoms. The van der Waals surface area contributed by atoms with Crippen LogP contribution < -0.4 is 4.74 Å². The second kappa shape index (κ2) is 8.58. The van der Waals surface area contributed by atoms with Gasteiger partial charge >= 0.3 is 0 Å². The fraction of sp³-hybridized carbons (Fsp3) is 0.158. The van der Waals surface area contributed by atoms with Gasteiger partial charge in [0.2, 0.25) is 0 Å². The Morgan fingerprint density at radius 1 is 1.16 bits per heavy atom. The minimum absolute atomic E-state index is 0.0664. The van der Waals surface area contributed by atoms with Crippen molar-refractivity contribution in [2.24, 2.45) is 0 Å². The standard InChI is InChI=1S/C19H17BrFNO3/c1-22(2)19(24)12-25-16-8-4-14(5-9-16)18(23)10-6-13-3-7-15(20)11-17(13)21/h3-11H,12H2,1-2H3/b10-6+. The summed E-state index contributed by atoms with van der Waals surface area (Å²) in [6, 6.07) is 11.1. The molecule has 0 radical (unpaired) electrons. The number of hydrogen-bond donors (Lipinski definition) is 0. The number of ether oxygens (including phenoxy) is 1. The van der Waals surface area contributed by atoms with Crippen molar-refractivity contribution in [1.29, 1.82) is 0 Å². The van der Waals surface area contributed by atoms with E-state index in [1.807, 2.05) is 0 Å². The van der Waals surface area contributed by atoms with Gasteiger partial charge in [0.15, 0.2) is 12.4 Å². The second-order valence-electron chi connectivity index (χ2n) is 5.46. The Balaban J connectivity index is 2.00. The molecule has 0 aromatic heterocycles. The number of carbonyl (C=O) groups is 2. The average molecular weight is 406 g/mol. The molecule has 4 nitrogen and oxygen atoms in total. The van der Waals surface area contributed by atoms with E-state index >= 15 is 0 Å². The summed E-state index contributed by atoms with van der Waals surface area (Å²) in [5.41, 5.74) is 0.777. The van der Waals surface area contributed by atoms with E-state index in [1.54, 1.807) is 50.5 Å². The topological polar surface area (TPSA) is 46.6 Å². The molecule has 0 heterocycles. The van der Waals surface area contributed by atoms with Crippen molar-refractivity contribution in [2.75, 3.05) is 20.7 Å². The third-order valence-electron chi connectivity index (χ3n) is 3.38. The Bertz CT molecular complexity index is 801. The second-order valence-corrected chi connectivity index (χ2v) is 6.38. The molecule has 25 heavy (non-hydrogen) atoms. The van der Waals surface area contributed by atoms with E-state index in [0.717, 1.165) is 0 Å². The number of hydrogen-bond acceptors (Lipinski definition) is 3. The van der Waals surface area contributed by atoms with E-state index in [1.165, 1.54) is 23.1 Å². The van der Waals surface area contributed by atoms with Crippen molar-refractivity contribution in [3.63, 3.8) is 0 Å². The predicted octanol–water partition coefficient (Wildman–Crippen LogP) is 3.95. The third kappa shape index (κ3) is 5.53. The molecular weight excluding hydrogens is 389 g/mol. The molecule has 0 spiro atoms. The van der Waals surface area contributed by atoms with Crippen LogP contribution in [0.25, 0.3) is 6.08 Å². The van der Waals surface area contributed by atoms with Crippen LogP contribution in [0.5, 0.6) is 5.75 Å². The Morgan fingerprint density at radius 2 is 1.84 bits per heavy atom. The highest BCUT2D eigenvalue weighted by molar-refractivity contribution is 9.10. The van der Waals surface area contributed by atoms with Crippen LogP contribution in [0.1, 0.15) is 15.9 Å². The van der Waals surface area contributed by atoms with Gasteiger partial charge in [0.25, 0.3) is 5.91 Å². The van der Waals surface area contributed by atoms with Gasteiger partial charge in [0.1, 0.15) is 11.6 Å². The SMILES string of the molecule is CN(C)C(=O)COc1ccc(C(=O)/C=C/c2ccc(Br)cc2F)cc1. The molecule has 2 aromatic carbocycles. The zero-order chi connectivity index (χ0) is 18.4. The molecule has 0 saturated carbocycles. The van der Waals surface area contributed by atoms with Crippen LogP contribution in [0, 0.1) is 5.82 Å². The summed E-state index contributed by atoms with van der Waals surface area (Å²) >= 11 is 3.18. The summed E-state index contributed by atoms with van der Waals surface area (Å²) in [7, 11) is 3.29. The van der Waals surface area contributed by atoms with E-state index in [4.69, 9.17) is 4.74 Å². The average Bonchev–Trinajstić information content (AvgIpc) is 2.59. The lowest BCUT2D eigenvalue weighted by Gasteiger charge is -2.11. The predicted molar refractivity (Wildman–Crippen MR) is 98.1 cm³/mol. The Morgan fingerprint density at radius 3 is 2.44 bits per heavy atom. The highest BCUT2D eigenvalue weighted by Crippen LogP contribution is 2.17. The minimum Gasteiger partial charge on any atom is -0.484 e. The zero-order valence-electron chi connectivity index (χ0n) is 13.8. The molecule has 0 aliphatic heterocycles. The normalized spacial score (nSPS) is 10.7. The van der Waals surface area contributed by atoms with Gasteiger partial charge in [-0.15, -0.1) is 0 Å². The van der Waals surface area contributed by atoms with Gasteiger partial charge in [-0.05, 0) is 48.6 Å². The lowest BCUT2D eigenvalue weighted by molar-refractivity contribution is -0.130. The van der Waals surface area contributed by atoms with Crippen molar-refractivity contribution in [3.05, 3.63) is 70.0 Å². The number of halogens is 2. The molecule has 0 N–H and O–H groups in total. The molecule has 0 atom stereocenters. The Kier molecular flexibility index (Phi) is 6.47. The van der Waals surface area contributed by atoms with Crippen molar-refractivity contribution in [1.82, 2.24) is 4.90 Å². The monoisotopic (exact) mass is 405 g/mol. The van der Waals surface area contributed by atoms with Crippen LogP contribution >= 0.6 is 15.9 Å². The zero-order valence-corrected chi connectivity index (χ0v) is 15.4. The first kappa shape index (κ1) is 18.9. The summed E-state index contributed by atoms with van der Waals surface area (Å²) in [4.78, 5) is 25.0. The third-order valence-corrected chi connectivity index (χ3v) is 3.87. The van der Waals surface area contributed by atoms with Gasteiger partial charge in [-0.1, -0.05) is 22.0 Å². The van der Waals surface area contributed by atoms with Crippen LogP contribution in [0.4, 0.5) is 4.39 Å². The first-order valence-electron chi connectivity index (χ1n) is 7.47. The molecule has 1 amide bonds. The number of amides is 1. The van der Waals surface area contributed by atoms with E-state index < -0.39 is 5.82 Å². The molecule has 2 aromatic rings. The summed E-state index contributed by atoms with van der Waals surface area (Å²) < 4.78 is 19.7. The lowest BCUT2D eigenvalue weighted by Crippen LogP contribution is -2.27. The van der Waals surface area contributed by atoms with Crippen molar-refractivity contribution < 1.29 is 18.7 Å². The van der Waals surface area contributed by atoms with Gasteiger partial charge in [-0.25, -0.2) is 4.39 Å². The highest BCUT2D eigenvalue weighted by Gasteiger charge is 2.07. The number of ketones is 1. The quantitative estimate of drug-likeness (QED) is 0.539. The maximum atomic E-state index is 13.7. The largest absolute Gasteiger partial charge is 0.484 e.